The van der Waals surface area contributed by atoms with E-state index in [9.17, 15) is 14.4 Å². The predicted octanol–water partition coefficient (Wildman–Crippen LogP) is 4.80. The van der Waals surface area contributed by atoms with Gasteiger partial charge in [-0.3, -0.25) is 9.59 Å². The number of hydrogen-bond donors (Lipinski definition) is 2. The third kappa shape index (κ3) is 6.41. The van der Waals surface area contributed by atoms with Gasteiger partial charge < -0.3 is 20.1 Å². The molecule has 35 heavy (non-hydrogen) atoms. The number of carboxylic acid groups (broad SMARTS) is 1. The van der Waals surface area contributed by atoms with Gasteiger partial charge in [0.1, 0.15) is 6.61 Å². The van der Waals surface area contributed by atoms with Crippen LogP contribution in [0.2, 0.25) is 0 Å². The van der Waals surface area contributed by atoms with Crippen molar-refractivity contribution < 1.29 is 24.2 Å². The summed E-state index contributed by atoms with van der Waals surface area (Å²) in [6.07, 6.45) is 4.23. The zero-order valence-corrected chi connectivity index (χ0v) is 20.1. The van der Waals surface area contributed by atoms with Crippen molar-refractivity contribution in [2.45, 2.75) is 50.9 Å². The van der Waals surface area contributed by atoms with Gasteiger partial charge in [-0.25, -0.2) is 4.79 Å². The van der Waals surface area contributed by atoms with E-state index in [-0.39, 0.29) is 24.2 Å². The Balaban J connectivity index is 1.10. The molecule has 7 heteroatoms. The van der Waals surface area contributed by atoms with E-state index in [1.807, 2.05) is 29.2 Å². The standard InChI is InChI=1S/C28H34N2O5/c31-26(30-16-13-20(14-17-30)18-27(32)33)12-2-1-7-15-29-28(34)35-19-25-23-10-5-3-8-21(23)22-9-4-6-11-24(22)25/h3-6,8-11,20,25H,1-2,7,12-19H2,(H,29,34)(H,32,33). The summed E-state index contributed by atoms with van der Waals surface area (Å²) in [4.78, 5) is 37.3. The van der Waals surface area contributed by atoms with Crippen LogP contribution in [0.4, 0.5) is 4.79 Å². The van der Waals surface area contributed by atoms with E-state index >= 15 is 0 Å². The second-order valence-electron chi connectivity index (χ2n) is 9.49. The summed E-state index contributed by atoms with van der Waals surface area (Å²) in [5.41, 5.74) is 4.79. The van der Waals surface area contributed by atoms with Crippen molar-refractivity contribution in [3.63, 3.8) is 0 Å². The number of nitrogens with one attached hydrogen (secondary N) is 1. The van der Waals surface area contributed by atoms with Gasteiger partial charge in [0.05, 0.1) is 0 Å². The second kappa shape index (κ2) is 11.9. The van der Waals surface area contributed by atoms with Crippen LogP contribution < -0.4 is 5.32 Å². The minimum atomic E-state index is -0.763. The number of piperidine rings is 1. The van der Waals surface area contributed by atoms with Crippen molar-refractivity contribution in [2.24, 2.45) is 5.92 Å². The zero-order chi connectivity index (χ0) is 24.6. The molecular weight excluding hydrogens is 444 g/mol. The van der Waals surface area contributed by atoms with Crippen molar-refractivity contribution in [1.82, 2.24) is 10.2 Å². The molecule has 4 rings (SSSR count). The number of carbonyl (C=O) groups excluding carboxylic acids is 2. The van der Waals surface area contributed by atoms with Crippen LogP contribution in [0.3, 0.4) is 0 Å². The molecule has 0 radical (unpaired) electrons. The molecule has 1 aliphatic heterocycles. The molecule has 0 atom stereocenters. The maximum atomic E-state index is 12.4. The van der Waals surface area contributed by atoms with Crippen molar-refractivity contribution in [1.29, 1.82) is 0 Å². The number of carboxylic acids is 1. The highest BCUT2D eigenvalue weighted by molar-refractivity contribution is 5.79. The number of ether oxygens (including phenoxy) is 1. The van der Waals surface area contributed by atoms with Gasteiger partial charge in [0.2, 0.25) is 5.91 Å². The Morgan fingerprint density at radius 1 is 0.914 bits per heavy atom. The lowest BCUT2D eigenvalue weighted by Crippen LogP contribution is -2.38. The van der Waals surface area contributed by atoms with Crippen LogP contribution in [0, 0.1) is 5.92 Å². The number of rotatable bonds is 10. The van der Waals surface area contributed by atoms with E-state index in [0.29, 0.717) is 32.7 Å². The number of benzene rings is 2. The van der Waals surface area contributed by atoms with E-state index in [2.05, 4.69) is 29.6 Å². The first-order valence-corrected chi connectivity index (χ1v) is 12.6. The van der Waals surface area contributed by atoms with Gasteiger partial charge in [-0.1, -0.05) is 55.0 Å². The first-order chi connectivity index (χ1) is 17.0. The van der Waals surface area contributed by atoms with E-state index in [1.54, 1.807) is 0 Å². The lowest BCUT2D eigenvalue weighted by Gasteiger charge is -2.31. The molecule has 0 aromatic heterocycles. The van der Waals surface area contributed by atoms with Crippen LogP contribution in [0.25, 0.3) is 11.1 Å². The van der Waals surface area contributed by atoms with Gasteiger partial charge in [-0.05, 0) is 53.9 Å². The average Bonchev–Trinajstić information content (AvgIpc) is 3.18. The fraction of sp³-hybridized carbons (Fsp3) is 0.464. The first kappa shape index (κ1) is 24.8. The predicted molar refractivity (Wildman–Crippen MR) is 133 cm³/mol. The third-order valence-electron chi connectivity index (χ3n) is 7.11. The monoisotopic (exact) mass is 478 g/mol. The summed E-state index contributed by atoms with van der Waals surface area (Å²) in [7, 11) is 0. The number of alkyl carbamates (subject to hydrolysis) is 1. The summed E-state index contributed by atoms with van der Waals surface area (Å²) in [5, 5.41) is 11.7. The summed E-state index contributed by atoms with van der Waals surface area (Å²) in [6, 6.07) is 16.5. The SMILES string of the molecule is O=C(O)CC1CCN(C(=O)CCCCCNC(=O)OCC2c3ccccc3-c3ccccc32)CC1. The van der Waals surface area contributed by atoms with Crippen LogP contribution in [0.15, 0.2) is 48.5 Å². The van der Waals surface area contributed by atoms with Crippen molar-refractivity contribution in [2.75, 3.05) is 26.2 Å². The highest BCUT2D eigenvalue weighted by Gasteiger charge is 2.29. The molecule has 186 valence electrons. The number of fused-ring (bicyclic) bond motifs is 3. The lowest BCUT2D eigenvalue weighted by atomic mass is 9.93. The van der Waals surface area contributed by atoms with Crippen LogP contribution in [0.1, 0.15) is 62.0 Å². The van der Waals surface area contributed by atoms with Crippen LogP contribution in [0.5, 0.6) is 0 Å². The zero-order valence-electron chi connectivity index (χ0n) is 20.1. The normalized spacial score (nSPS) is 15.4. The molecule has 1 aliphatic carbocycles. The average molecular weight is 479 g/mol. The molecule has 1 fully saturated rings. The van der Waals surface area contributed by atoms with Gasteiger partial charge in [-0.2, -0.15) is 0 Å². The quantitative estimate of drug-likeness (QED) is 0.478. The number of likely N-dealkylation sites (tertiary alicyclic amines) is 1. The van der Waals surface area contributed by atoms with Gasteiger partial charge in [0.15, 0.2) is 0 Å². The molecule has 1 heterocycles. The summed E-state index contributed by atoms with van der Waals surface area (Å²) < 4.78 is 5.55. The Bertz CT molecular complexity index is 1000. The Kier molecular flexibility index (Phi) is 8.40. The largest absolute Gasteiger partial charge is 0.481 e. The smallest absolute Gasteiger partial charge is 0.407 e. The second-order valence-corrected chi connectivity index (χ2v) is 9.49. The van der Waals surface area contributed by atoms with Crippen molar-refractivity contribution >= 4 is 18.0 Å². The number of amides is 2. The topological polar surface area (TPSA) is 95.9 Å². The molecule has 2 aromatic rings. The molecule has 0 spiro atoms. The van der Waals surface area contributed by atoms with Gasteiger partial charge in [-0.15, -0.1) is 0 Å². The molecule has 0 unspecified atom stereocenters. The Morgan fingerprint density at radius 2 is 1.54 bits per heavy atom. The van der Waals surface area contributed by atoms with E-state index in [0.717, 1.165) is 32.1 Å². The van der Waals surface area contributed by atoms with Crippen LogP contribution >= 0.6 is 0 Å². The molecule has 0 bridgehead atoms. The van der Waals surface area contributed by atoms with Crippen LogP contribution in [-0.4, -0.2) is 54.2 Å². The minimum absolute atomic E-state index is 0.0494. The number of hydrogen-bond acceptors (Lipinski definition) is 4. The minimum Gasteiger partial charge on any atom is -0.481 e. The maximum Gasteiger partial charge on any atom is 0.407 e. The number of aliphatic carboxylic acids is 1. The number of unbranched alkanes of at least 4 members (excludes halogenated alkanes) is 2. The van der Waals surface area contributed by atoms with E-state index in [1.165, 1.54) is 22.3 Å². The van der Waals surface area contributed by atoms with Crippen LogP contribution in [-0.2, 0) is 14.3 Å². The number of carbonyl (C=O) groups is 3. The summed E-state index contributed by atoms with van der Waals surface area (Å²) >= 11 is 0. The third-order valence-corrected chi connectivity index (χ3v) is 7.11. The fourth-order valence-corrected chi connectivity index (χ4v) is 5.21. The highest BCUT2D eigenvalue weighted by Crippen LogP contribution is 2.44. The lowest BCUT2D eigenvalue weighted by molar-refractivity contribution is -0.138. The molecule has 2 N–H and O–H groups in total. The Morgan fingerprint density at radius 3 is 2.17 bits per heavy atom. The molecular formula is C28H34N2O5. The molecule has 2 aliphatic rings. The van der Waals surface area contributed by atoms with Crippen molar-refractivity contribution in [3.05, 3.63) is 59.7 Å². The molecule has 1 saturated heterocycles. The Hall–Kier alpha value is -3.35. The maximum absolute atomic E-state index is 12.4. The molecule has 2 aromatic carbocycles. The van der Waals surface area contributed by atoms with E-state index < -0.39 is 12.1 Å². The molecule has 7 nitrogen and oxygen atoms in total. The summed E-state index contributed by atoms with van der Waals surface area (Å²) in [6.45, 7) is 2.13. The molecule has 0 saturated carbocycles. The van der Waals surface area contributed by atoms with Gasteiger partial charge in [0, 0.05) is 38.4 Å². The highest BCUT2D eigenvalue weighted by atomic mass is 16.5. The fourth-order valence-electron chi connectivity index (χ4n) is 5.21. The van der Waals surface area contributed by atoms with Gasteiger partial charge in [0.25, 0.3) is 0 Å². The number of nitrogens with zero attached hydrogens (tertiary/aromatic N) is 1. The van der Waals surface area contributed by atoms with E-state index in [4.69, 9.17) is 9.84 Å². The molecule has 2 amide bonds. The van der Waals surface area contributed by atoms with Crippen molar-refractivity contribution in [3.8, 4) is 11.1 Å². The Labute approximate surface area is 206 Å². The first-order valence-electron chi connectivity index (χ1n) is 12.6. The van der Waals surface area contributed by atoms with Gasteiger partial charge >= 0.3 is 12.1 Å². The summed E-state index contributed by atoms with van der Waals surface area (Å²) in [5.74, 6) is -0.390.